The molecule has 0 saturated carbocycles. The molecule has 0 aliphatic heterocycles. The Morgan fingerprint density at radius 3 is 1.91 bits per heavy atom. The fourth-order valence-electron chi connectivity index (χ4n) is 3.48. The summed E-state index contributed by atoms with van der Waals surface area (Å²) in [6, 6.07) is 17.4. The summed E-state index contributed by atoms with van der Waals surface area (Å²) in [5.74, 6) is 0. The lowest BCUT2D eigenvalue weighted by molar-refractivity contribution is 1.04. The largest absolute Gasteiger partial charge is 0.0813 e. The van der Waals surface area contributed by atoms with Gasteiger partial charge in [-0.25, -0.2) is 0 Å². The minimum atomic E-state index is 1.12. The van der Waals surface area contributed by atoms with E-state index in [4.69, 9.17) is 0 Å². The average molecular weight is 349 g/mol. The maximum absolute atomic E-state index is 3.82. The molecule has 1 heteroatoms. The van der Waals surface area contributed by atoms with E-state index in [0.29, 0.717) is 0 Å². The molecule has 4 rings (SSSR count). The Balaban J connectivity index is 2.19. The summed E-state index contributed by atoms with van der Waals surface area (Å²) >= 11 is 3.82. The van der Waals surface area contributed by atoms with Crippen molar-refractivity contribution in [2.45, 2.75) is 19.8 Å². The molecule has 0 unspecified atom stereocenters. The topological polar surface area (TPSA) is 0 Å². The molecule has 0 atom stereocenters. The summed E-state index contributed by atoms with van der Waals surface area (Å²) in [6.45, 7) is 2.20. The van der Waals surface area contributed by atoms with Crippen LogP contribution < -0.4 is 0 Å². The molecule has 0 saturated heterocycles. The number of rotatable bonds is 1. The van der Waals surface area contributed by atoms with Gasteiger partial charge in [0.15, 0.2) is 0 Å². The zero-order valence-corrected chi connectivity index (χ0v) is 14.2. The summed E-state index contributed by atoms with van der Waals surface area (Å²) in [5.41, 5.74) is 4.24. The maximum atomic E-state index is 3.82. The Kier molecular flexibility index (Phi) is 3.38. The molecule has 0 fully saturated rings. The highest BCUT2D eigenvalue weighted by molar-refractivity contribution is 9.10. The van der Waals surface area contributed by atoms with E-state index < -0.39 is 0 Å². The highest BCUT2D eigenvalue weighted by Crippen LogP contribution is 2.41. The Labute approximate surface area is 139 Å². The van der Waals surface area contributed by atoms with Crippen LogP contribution in [-0.4, -0.2) is 0 Å². The minimum absolute atomic E-state index is 1.12. The van der Waals surface area contributed by atoms with E-state index in [9.17, 15) is 0 Å². The molecule has 3 aromatic rings. The first-order valence-corrected chi connectivity index (χ1v) is 8.51. The van der Waals surface area contributed by atoms with Crippen LogP contribution in [0.2, 0.25) is 0 Å². The van der Waals surface area contributed by atoms with Gasteiger partial charge in [0.25, 0.3) is 0 Å². The lowest BCUT2D eigenvalue weighted by Crippen LogP contribution is -1.95. The van der Waals surface area contributed by atoms with E-state index in [-0.39, 0.29) is 0 Å². The fraction of sp³-hybridized carbons (Fsp3) is 0.143. The van der Waals surface area contributed by atoms with Gasteiger partial charge in [-0.05, 0) is 68.4 Å². The molecule has 0 N–H and O–H groups in total. The van der Waals surface area contributed by atoms with Crippen molar-refractivity contribution in [3.05, 3.63) is 76.3 Å². The van der Waals surface area contributed by atoms with Gasteiger partial charge in [0.2, 0.25) is 0 Å². The molecule has 108 valence electrons. The Bertz CT molecular complexity index is 888. The van der Waals surface area contributed by atoms with Gasteiger partial charge in [-0.3, -0.25) is 0 Å². The molecule has 22 heavy (non-hydrogen) atoms. The van der Waals surface area contributed by atoms with Crippen molar-refractivity contribution in [2.75, 3.05) is 0 Å². The predicted octanol–water partition coefficient (Wildman–Crippen LogP) is 6.88. The lowest BCUT2D eigenvalue weighted by Gasteiger charge is -2.18. The molecule has 0 heterocycles. The van der Waals surface area contributed by atoms with Crippen molar-refractivity contribution in [3.8, 4) is 0 Å². The van der Waals surface area contributed by atoms with Crippen LogP contribution in [0.4, 0.5) is 0 Å². The van der Waals surface area contributed by atoms with Gasteiger partial charge >= 0.3 is 0 Å². The molecule has 1 aliphatic carbocycles. The average Bonchev–Trinajstić information content (AvgIpc) is 2.55. The number of halogens is 1. The second-order valence-corrected chi connectivity index (χ2v) is 6.73. The van der Waals surface area contributed by atoms with Crippen LogP contribution in [0.3, 0.4) is 0 Å². The third-order valence-corrected chi connectivity index (χ3v) is 5.32. The molecule has 3 aromatic carbocycles. The highest BCUT2D eigenvalue weighted by atomic mass is 79.9. The van der Waals surface area contributed by atoms with Gasteiger partial charge < -0.3 is 0 Å². The standard InChI is InChI=1S/C21H17Br/c1-14-7-6-8-15(13-14)20-16-9-2-4-11-18(16)21(22)19-12-5-3-10-17(19)20/h2-5,7,9-13H,6,8H2,1H3. The molecule has 1 aliphatic rings. The normalized spacial score (nSPS) is 15.0. The van der Waals surface area contributed by atoms with Gasteiger partial charge in [0.05, 0.1) is 0 Å². The van der Waals surface area contributed by atoms with Gasteiger partial charge in [-0.2, -0.15) is 0 Å². The van der Waals surface area contributed by atoms with Crippen LogP contribution in [-0.2, 0) is 0 Å². The molecule has 0 nitrogen and oxygen atoms in total. The summed E-state index contributed by atoms with van der Waals surface area (Å²) < 4.78 is 1.20. The van der Waals surface area contributed by atoms with Crippen molar-refractivity contribution < 1.29 is 0 Å². The molecule has 0 radical (unpaired) electrons. The molecule has 0 amide bonds. The monoisotopic (exact) mass is 348 g/mol. The van der Waals surface area contributed by atoms with Crippen molar-refractivity contribution in [3.63, 3.8) is 0 Å². The minimum Gasteiger partial charge on any atom is -0.0813 e. The van der Waals surface area contributed by atoms with Crippen LogP contribution in [0.5, 0.6) is 0 Å². The molecule has 0 spiro atoms. The van der Waals surface area contributed by atoms with Crippen molar-refractivity contribution in [1.82, 2.24) is 0 Å². The third kappa shape index (κ3) is 2.12. The van der Waals surface area contributed by atoms with Crippen molar-refractivity contribution >= 4 is 43.0 Å². The van der Waals surface area contributed by atoms with Crippen molar-refractivity contribution in [1.29, 1.82) is 0 Å². The highest BCUT2D eigenvalue weighted by Gasteiger charge is 2.16. The van der Waals surface area contributed by atoms with Crippen LogP contribution in [0.15, 0.2) is 70.7 Å². The Morgan fingerprint density at radius 1 is 0.818 bits per heavy atom. The van der Waals surface area contributed by atoms with Crippen molar-refractivity contribution in [2.24, 2.45) is 0 Å². The first-order valence-electron chi connectivity index (χ1n) is 7.72. The molecule has 0 aromatic heterocycles. The molecule has 0 bridgehead atoms. The zero-order valence-electron chi connectivity index (χ0n) is 12.6. The SMILES string of the molecule is CC1=CCCC(c2c3ccccc3c(Br)c3ccccc23)=C1. The van der Waals surface area contributed by atoms with E-state index in [1.54, 1.807) is 0 Å². The van der Waals surface area contributed by atoms with Crippen LogP contribution in [0.1, 0.15) is 25.3 Å². The first-order chi connectivity index (χ1) is 10.8. The third-order valence-electron chi connectivity index (χ3n) is 4.47. The smallest absolute Gasteiger partial charge is 0.0332 e. The predicted molar refractivity (Wildman–Crippen MR) is 100 cm³/mol. The van der Waals surface area contributed by atoms with Crippen LogP contribution in [0.25, 0.3) is 27.1 Å². The van der Waals surface area contributed by atoms with Crippen LogP contribution >= 0.6 is 15.9 Å². The van der Waals surface area contributed by atoms with Gasteiger partial charge in [0.1, 0.15) is 0 Å². The van der Waals surface area contributed by atoms with Gasteiger partial charge in [0, 0.05) is 4.47 Å². The quantitative estimate of drug-likeness (QED) is 0.420. The zero-order chi connectivity index (χ0) is 15.1. The van der Waals surface area contributed by atoms with E-state index in [0.717, 1.165) is 12.8 Å². The number of benzene rings is 3. The number of hydrogen-bond acceptors (Lipinski definition) is 0. The summed E-state index contributed by atoms with van der Waals surface area (Å²) in [7, 11) is 0. The lowest BCUT2D eigenvalue weighted by atomic mass is 9.87. The van der Waals surface area contributed by atoms with Crippen LogP contribution in [0, 0.1) is 0 Å². The molecular weight excluding hydrogens is 332 g/mol. The van der Waals surface area contributed by atoms with E-state index in [1.807, 2.05) is 0 Å². The van der Waals surface area contributed by atoms with Gasteiger partial charge in [-0.15, -0.1) is 0 Å². The van der Waals surface area contributed by atoms with E-state index in [2.05, 4.69) is 83.5 Å². The Hall–Kier alpha value is -1.86. The van der Waals surface area contributed by atoms with E-state index in [1.165, 1.54) is 42.7 Å². The number of allylic oxidation sites excluding steroid dienone is 4. The number of fused-ring (bicyclic) bond motifs is 2. The summed E-state index contributed by atoms with van der Waals surface area (Å²) in [5, 5.41) is 5.27. The fourth-order valence-corrected chi connectivity index (χ4v) is 4.17. The second kappa shape index (κ2) is 5.40. The number of hydrogen-bond donors (Lipinski definition) is 0. The second-order valence-electron chi connectivity index (χ2n) is 5.94. The molecular formula is C21H17Br. The maximum Gasteiger partial charge on any atom is 0.0332 e. The summed E-state index contributed by atoms with van der Waals surface area (Å²) in [6.07, 6.45) is 6.93. The van der Waals surface area contributed by atoms with Gasteiger partial charge in [-0.1, -0.05) is 66.3 Å². The Morgan fingerprint density at radius 2 is 1.36 bits per heavy atom. The first kappa shape index (κ1) is 13.8. The summed E-state index contributed by atoms with van der Waals surface area (Å²) in [4.78, 5) is 0. The van der Waals surface area contributed by atoms with E-state index >= 15 is 0 Å².